The first-order valence-corrected chi connectivity index (χ1v) is 10.7. The average Bonchev–Trinajstić information content (AvgIpc) is 3.26. The van der Waals surface area contributed by atoms with E-state index in [4.69, 9.17) is 9.47 Å². The van der Waals surface area contributed by atoms with Gasteiger partial charge in [-0.25, -0.2) is 18.6 Å². The molecule has 2 N–H and O–H groups in total. The third kappa shape index (κ3) is 6.78. The van der Waals surface area contributed by atoms with Gasteiger partial charge < -0.3 is 20.1 Å². The molecule has 2 heterocycles. The van der Waals surface area contributed by atoms with Crippen molar-refractivity contribution < 1.29 is 37.0 Å². The number of halogens is 3. The SMILES string of the molecule is CNCC(=O)OCc1cccnc1N(C)C(=O)OC(C)n1nc(F)c(C(=O)Nc2ccc(F)cc2F)n1. The zero-order valence-corrected chi connectivity index (χ0v) is 19.9. The minimum Gasteiger partial charge on any atom is -0.460 e. The predicted octanol–water partition coefficient (Wildman–Crippen LogP) is 2.40. The molecule has 2 amide bonds. The van der Waals surface area contributed by atoms with Gasteiger partial charge in [0.25, 0.3) is 11.9 Å². The van der Waals surface area contributed by atoms with Gasteiger partial charge in [-0.05, 0) is 32.2 Å². The first-order valence-electron chi connectivity index (χ1n) is 10.7. The van der Waals surface area contributed by atoms with E-state index in [1.54, 1.807) is 19.2 Å². The highest BCUT2D eigenvalue weighted by Gasteiger charge is 2.25. The quantitative estimate of drug-likeness (QED) is 0.406. The Labute approximate surface area is 208 Å². The fourth-order valence-corrected chi connectivity index (χ4v) is 2.93. The molecule has 0 spiro atoms. The molecule has 0 fully saturated rings. The Hall–Kier alpha value is -4.53. The summed E-state index contributed by atoms with van der Waals surface area (Å²) in [6.45, 7) is 1.15. The molecule has 196 valence electrons. The van der Waals surface area contributed by atoms with E-state index in [1.807, 2.05) is 0 Å². The van der Waals surface area contributed by atoms with Crippen LogP contribution in [-0.2, 0) is 20.9 Å². The Morgan fingerprint density at radius 1 is 1.16 bits per heavy atom. The number of aromatic nitrogens is 4. The van der Waals surface area contributed by atoms with E-state index in [2.05, 4.69) is 25.8 Å². The van der Waals surface area contributed by atoms with Crippen LogP contribution < -0.4 is 15.5 Å². The van der Waals surface area contributed by atoms with Gasteiger partial charge in [0.05, 0.1) is 12.2 Å². The number of likely N-dealkylation sites (N-methyl/N-ethyl adjacent to an activating group) is 1. The number of nitrogens with zero attached hydrogens (tertiary/aromatic N) is 5. The Morgan fingerprint density at radius 3 is 2.62 bits per heavy atom. The van der Waals surface area contributed by atoms with Gasteiger partial charge in [-0.15, -0.1) is 15.0 Å². The fourth-order valence-electron chi connectivity index (χ4n) is 2.93. The molecule has 1 unspecified atom stereocenters. The van der Waals surface area contributed by atoms with Crippen LogP contribution in [0.5, 0.6) is 0 Å². The Balaban J connectivity index is 1.68. The number of anilines is 2. The van der Waals surface area contributed by atoms with Crippen LogP contribution in [0.1, 0.15) is 29.2 Å². The Bertz CT molecular complexity index is 1300. The summed E-state index contributed by atoms with van der Waals surface area (Å²) in [5.41, 5.74) is -0.797. The van der Waals surface area contributed by atoms with E-state index in [-0.39, 0.29) is 19.0 Å². The van der Waals surface area contributed by atoms with Crippen molar-refractivity contribution in [2.45, 2.75) is 19.8 Å². The smallest absolute Gasteiger partial charge is 0.417 e. The van der Waals surface area contributed by atoms with Crippen molar-refractivity contribution in [3.05, 3.63) is 65.4 Å². The second-order valence-electron chi connectivity index (χ2n) is 7.46. The maximum atomic E-state index is 14.3. The molecular formula is C22H22F3N7O5. The molecular weight excluding hydrogens is 499 g/mol. The number of nitrogens with one attached hydrogen (secondary N) is 2. The van der Waals surface area contributed by atoms with Crippen LogP contribution >= 0.6 is 0 Å². The Kier molecular flexibility index (Phi) is 8.73. The highest BCUT2D eigenvalue weighted by molar-refractivity contribution is 6.02. The lowest BCUT2D eigenvalue weighted by Gasteiger charge is -2.21. The monoisotopic (exact) mass is 521 g/mol. The number of rotatable bonds is 9. The summed E-state index contributed by atoms with van der Waals surface area (Å²) in [7, 11) is 2.94. The summed E-state index contributed by atoms with van der Waals surface area (Å²) in [5, 5.41) is 11.8. The van der Waals surface area contributed by atoms with E-state index in [9.17, 15) is 27.6 Å². The van der Waals surface area contributed by atoms with Crippen LogP contribution in [0.15, 0.2) is 36.5 Å². The van der Waals surface area contributed by atoms with Crippen molar-refractivity contribution in [2.24, 2.45) is 0 Å². The summed E-state index contributed by atoms with van der Waals surface area (Å²) in [5.74, 6) is -4.77. The fraction of sp³-hybridized carbons (Fsp3) is 0.273. The first-order chi connectivity index (χ1) is 17.6. The van der Waals surface area contributed by atoms with Gasteiger partial charge in [-0.2, -0.15) is 4.39 Å². The number of amides is 2. The minimum absolute atomic E-state index is 0.00271. The number of esters is 1. The largest absolute Gasteiger partial charge is 0.460 e. The van der Waals surface area contributed by atoms with Crippen molar-refractivity contribution in [1.29, 1.82) is 0 Å². The van der Waals surface area contributed by atoms with Crippen molar-refractivity contribution in [2.75, 3.05) is 30.9 Å². The number of benzene rings is 1. The van der Waals surface area contributed by atoms with E-state index in [0.717, 1.165) is 17.0 Å². The van der Waals surface area contributed by atoms with Gasteiger partial charge in [0, 0.05) is 24.9 Å². The summed E-state index contributed by atoms with van der Waals surface area (Å²) >= 11 is 0. The summed E-state index contributed by atoms with van der Waals surface area (Å²) in [6, 6.07) is 5.59. The molecule has 0 aliphatic carbocycles. The summed E-state index contributed by atoms with van der Waals surface area (Å²) in [4.78, 5) is 42.4. The van der Waals surface area contributed by atoms with E-state index >= 15 is 0 Å². The number of hydrogen-bond donors (Lipinski definition) is 2. The van der Waals surface area contributed by atoms with Gasteiger partial charge in [-0.1, -0.05) is 6.07 Å². The minimum atomic E-state index is -1.31. The zero-order valence-electron chi connectivity index (χ0n) is 19.9. The van der Waals surface area contributed by atoms with Crippen LogP contribution in [0.2, 0.25) is 0 Å². The molecule has 0 aliphatic rings. The molecule has 15 heteroatoms. The number of ether oxygens (including phenoxy) is 2. The molecule has 1 atom stereocenters. The third-order valence-corrected chi connectivity index (χ3v) is 4.75. The Morgan fingerprint density at radius 2 is 1.92 bits per heavy atom. The normalized spacial score (nSPS) is 11.5. The maximum absolute atomic E-state index is 14.3. The van der Waals surface area contributed by atoms with Gasteiger partial charge in [0.15, 0.2) is 0 Å². The standard InChI is InChI=1S/C22H22F3N7O5/c1-12(32-29-18(19(25)30-32)21(34)28-16-7-6-14(23)9-15(16)24)37-22(35)31(3)20-13(5-4-8-27-20)11-36-17(33)10-26-2/h4-9,12,26H,10-11H2,1-3H3,(H,28,34). The molecule has 3 aromatic rings. The molecule has 37 heavy (non-hydrogen) atoms. The molecule has 2 aromatic heterocycles. The summed E-state index contributed by atoms with van der Waals surface area (Å²) < 4.78 is 51.5. The number of carbonyl (C=O) groups is 3. The number of hydrogen-bond acceptors (Lipinski definition) is 9. The lowest BCUT2D eigenvalue weighted by atomic mass is 10.2. The third-order valence-electron chi connectivity index (χ3n) is 4.75. The molecule has 0 bridgehead atoms. The predicted molar refractivity (Wildman–Crippen MR) is 122 cm³/mol. The molecule has 1 aromatic carbocycles. The molecule has 0 saturated heterocycles. The van der Waals surface area contributed by atoms with Crippen molar-refractivity contribution >= 4 is 29.5 Å². The van der Waals surface area contributed by atoms with Crippen LogP contribution in [-0.4, -0.2) is 58.6 Å². The van der Waals surface area contributed by atoms with Gasteiger partial charge in [0.2, 0.25) is 11.9 Å². The van der Waals surface area contributed by atoms with E-state index in [0.29, 0.717) is 16.4 Å². The topological polar surface area (TPSA) is 141 Å². The number of carbonyl (C=O) groups excluding carboxylic acids is 3. The molecule has 12 nitrogen and oxygen atoms in total. The highest BCUT2D eigenvalue weighted by Crippen LogP contribution is 2.20. The van der Waals surface area contributed by atoms with Crippen molar-refractivity contribution in [3.63, 3.8) is 0 Å². The van der Waals surface area contributed by atoms with Crippen molar-refractivity contribution in [1.82, 2.24) is 25.3 Å². The second kappa shape index (κ2) is 11.9. The maximum Gasteiger partial charge on any atom is 0.417 e. The van der Waals surface area contributed by atoms with Crippen molar-refractivity contribution in [3.8, 4) is 0 Å². The molecule has 0 radical (unpaired) electrons. The number of pyridine rings is 1. The lowest BCUT2D eigenvalue weighted by molar-refractivity contribution is -0.143. The van der Waals surface area contributed by atoms with Gasteiger partial charge in [-0.3, -0.25) is 14.5 Å². The summed E-state index contributed by atoms with van der Waals surface area (Å²) in [6.07, 6.45) is -0.805. The second-order valence-corrected chi connectivity index (χ2v) is 7.46. The first kappa shape index (κ1) is 27.1. The lowest BCUT2D eigenvalue weighted by Crippen LogP contribution is -2.31. The molecule has 0 aliphatic heterocycles. The zero-order chi connectivity index (χ0) is 27.1. The average molecular weight is 521 g/mol. The van der Waals surface area contributed by atoms with Gasteiger partial charge >= 0.3 is 12.1 Å². The van der Waals surface area contributed by atoms with E-state index in [1.165, 1.54) is 20.2 Å². The van der Waals surface area contributed by atoms with Crippen LogP contribution in [0.4, 0.5) is 29.5 Å². The molecule has 0 saturated carbocycles. The van der Waals surface area contributed by atoms with Crippen LogP contribution in [0.25, 0.3) is 0 Å². The van der Waals surface area contributed by atoms with E-state index < -0.39 is 53.2 Å². The van der Waals surface area contributed by atoms with Crippen LogP contribution in [0.3, 0.4) is 0 Å². The van der Waals surface area contributed by atoms with Crippen LogP contribution in [0, 0.1) is 17.6 Å². The van der Waals surface area contributed by atoms with Gasteiger partial charge in [0.1, 0.15) is 24.1 Å². The molecule has 3 rings (SSSR count). The highest BCUT2D eigenvalue weighted by atomic mass is 19.1.